The molecule has 298 valence electrons. The summed E-state index contributed by atoms with van der Waals surface area (Å²) >= 11 is 0. The smallest absolute Gasteiger partial charge is 0.164 e. The molecule has 2 aliphatic rings. The fraction of sp³-hybridized carbons (Fsp3) is 0.0862. The standard InChI is InChI=1S/C58H40N4O/c1-35-30-48-41(32-47(35)58-60-56(38-17-6-3-7-18-38)59-57(61-58)45-23-13-12-21-43(45)36-14-4-2-5-15-36)25-29-52-55(48)46-27-26-42(34-53(46)63-52)62-50-28-24-37-16-10-11-22-44(37)54(50)49-31-39-19-8-9-20-40(39)33-51(49)62/h2-14,16-29,31-36H,15,30H2,1H3. The lowest BCUT2D eigenvalue weighted by Crippen LogP contribution is -2.13. The Morgan fingerprint density at radius 1 is 0.571 bits per heavy atom. The number of aromatic nitrogens is 4. The molecule has 5 heteroatoms. The Morgan fingerprint density at radius 2 is 1.35 bits per heavy atom. The van der Waals surface area contributed by atoms with Crippen LogP contribution in [0.2, 0.25) is 0 Å². The van der Waals surface area contributed by atoms with E-state index in [0.29, 0.717) is 11.6 Å². The highest BCUT2D eigenvalue weighted by Crippen LogP contribution is 2.44. The monoisotopic (exact) mass is 808 g/mol. The van der Waals surface area contributed by atoms with Gasteiger partial charge in [-0.3, -0.25) is 0 Å². The van der Waals surface area contributed by atoms with Crippen LogP contribution >= 0.6 is 0 Å². The maximum absolute atomic E-state index is 6.78. The predicted molar refractivity (Wildman–Crippen MR) is 260 cm³/mol. The molecule has 0 spiro atoms. The third kappa shape index (κ3) is 5.73. The lowest BCUT2D eigenvalue weighted by molar-refractivity contribution is 0.667. The molecule has 0 saturated heterocycles. The van der Waals surface area contributed by atoms with Gasteiger partial charge >= 0.3 is 0 Å². The summed E-state index contributed by atoms with van der Waals surface area (Å²) in [4.78, 5) is 15.6. The van der Waals surface area contributed by atoms with E-state index in [-0.39, 0.29) is 11.8 Å². The fourth-order valence-corrected chi connectivity index (χ4v) is 10.4. The second-order valence-electron chi connectivity index (χ2n) is 17.1. The van der Waals surface area contributed by atoms with Crippen LogP contribution in [0.1, 0.15) is 41.8 Å². The van der Waals surface area contributed by atoms with Gasteiger partial charge in [0.15, 0.2) is 17.5 Å². The number of hydrogen-bond acceptors (Lipinski definition) is 4. The van der Waals surface area contributed by atoms with Crippen LogP contribution in [0.5, 0.6) is 0 Å². The van der Waals surface area contributed by atoms with E-state index in [4.69, 9.17) is 19.4 Å². The SMILES string of the molecule is CC1Cc2c(ccc3oc4cc(-n5c6cc7ccccc7cc6c6c7ccccc7ccc65)ccc4c23)C=C1c1nc(-c2ccccc2)nc(-c2ccccc2C2C=CC=CC2)n1. The number of furan rings is 1. The van der Waals surface area contributed by atoms with Crippen molar-refractivity contribution in [2.24, 2.45) is 5.92 Å². The van der Waals surface area contributed by atoms with E-state index in [1.807, 2.05) is 18.2 Å². The van der Waals surface area contributed by atoms with Gasteiger partial charge in [0, 0.05) is 55.9 Å². The molecule has 3 aromatic heterocycles. The highest BCUT2D eigenvalue weighted by atomic mass is 16.3. The Morgan fingerprint density at radius 3 is 2.22 bits per heavy atom. The van der Waals surface area contributed by atoms with E-state index in [1.165, 1.54) is 65.4 Å². The predicted octanol–water partition coefficient (Wildman–Crippen LogP) is 14.8. The van der Waals surface area contributed by atoms with Crippen molar-refractivity contribution in [2.45, 2.75) is 25.7 Å². The molecule has 8 aromatic carbocycles. The molecule has 0 amide bonds. The summed E-state index contributed by atoms with van der Waals surface area (Å²) in [5.41, 5.74) is 12.0. The summed E-state index contributed by atoms with van der Waals surface area (Å²) in [6, 6.07) is 56.5. The second kappa shape index (κ2) is 14.1. The van der Waals surface area contributed by atoms with E-state index in [9.17, 15) is 0 Å². The third-order valence-electron chi connectivity index (χ3n) is 13.4. The first-order chi connectivity index (χ1) is 31.1. The molecule has 63 heavy (non-hydrogen) atoms. The molecule has 2 atom stereocenters. The van der Waals surface area contributed by atoms with Gasteiger partial charge in [-0.05, 0) is 99.5 Å². The first-order valence-corrected chi connectivity index (χ1v) is 21.9. The summed E-state index contributed by atoms with van der Waals surface area (Å²) in [6.07, 6.45) is 12.8. The molecule has 3 heterocycles. The number of rotatable bonds is 5. The lowest BCUT2D eigenvalue weighted by Gasteiger charge is -2.24. The normalized spacial score (nSPS) is 16.2. The van der Waals surface area contributed by atoms with E-state index in [0.717, 1.165) is 57.6 Å². The molecule has 0 radical (unpaired) electrons. The first kappa shape index (κ1) is 35.8. The van der Waals surface area contributed by atoms with Crippen LogP contribution < -0.4 is 0 Å². The zero-order valence-corrected chi connectivity index (χ0v) is 34.7. The van der Waals surface area contributed by atoms with Gasteiger partial charge in [0.25, 0.3) is 0 Å². The topological polar surface area (TPSA) is 56.7 Å². The summed E-state index contributed by atoms with van der Waals surface area (Å²) in [5, 5.41) is 9.79. The zero-order chi connectivity index (χ0) is 41.6. The molecule has 2 unspecified atom stereocenters. The van der Waals surface area contributed by atoms with Crippen LogP contribution in [0.15, 0.2) is 186 Å². The zero-order valence-electron chi connectivity index (χ0n) is 34.7. The Hall–Kier alpha value is -7.89. The van der Waals surface area contributed by atoms with Gasteiger partial charge in [-0.15, -0.1) is 0 Å². The highest BCUT2D eigenvalue weighted by molar-refractivity contribution is 6.23. The van der Waals surface area contributed by atoms with Crippen LogP contribution in [0.3, 0.4) is 0 Å². The Labute approximate surface area is 364 Å². The van der Waals surface area contributed by atoms with Crippen LogP contribution in [-0.4, -0.2) is 19.5 Å². The molecule has 0 bridgehead atoms. The molecule has 0 N–H and O–H groups in total. The number of hydrogen-bond donors (Lipinski definition) is 0. The number of nitrogens with zero attached hydrogens (tertiary/aromatic N) is 4. The minimum atomic E-state index is 0.148. The average molecular weight is 809 g/mol. The van der Waals surface area contributed by atoms with Crippen LogP contribution in [-0.2, 0) is 6.42 Å². The molecule has 11 aromatic rings. The van der Waals surface area contributed by atoms with Crippen molar-refractivity contribution in [1.29, 1.82) is 0 Å². The third-order valence-corrected chi connectivity index (χ3v) is 13.4. The quantitative estimate of drug-likeness (QED) is 0.174. The maximum Gasteiger partial charge on any atom is 0.164 e. The van der Waals surface area contributed by atoms with Gasteiger partial charge in [0.2, 0.25) is 0 Å². The van der Waals surface area contributed by atoms with E-state index >= 15 is 0 Å². The average Bonchev–Trinajstić information content (AvgIpc) is 3.88. The van der Waals surface area contributed by atoms with Crippen molar-refractivity contribution >= 4 is 76.9 Å². The van der Waals surface area contributed by atoms with Gasteiger partial charge in [0.05, 0.1) is 11.0 Å². The van der Waals surface area contributed by atoms with Crippen molar-refractivity contribution < 1.29 is 4.42 Å². The van der Waals surface area contributed by atoms with Crippen molar-refractivity contribution in [1.82, 2.24) is 19.5 Å². The van der Waals surface area contributed by atoms with Gasteiger partial charge < -0.3 is 8.98 Å². The molecule has 0 fully saturated rings. The summed E-state index contributed by atoms with van der Waals surface area (Å²) < 4.78 is 9.20. The summed E-state index contributed by atoms with van der Waals surface area (Å²) in [7, 11) is 0. The molecule has 0 saturated carbocycles. The first-order valence-electron chi connectivity index (χ1n) is 21.9. The molecular formula is C58H40N4O. The maximum atomic E-state index is 6.78. The van der Waals surface area contributed by atoms with Crippen LogP contribution in [0, 0.1) is 5.92 Å². The summed E-state index contributed by atoms with van der Waals surface area (Å²) in [6.45, 7) is 2.29. The van der Waals surface area contributed by atoms with Crippen molar-refractivity contribution in [3.05, 3.63) is 205 Å². The van der Waals surface area contributed by atoms with Crippen molar-refractivity contribution in [3.8, 4) is 28.5 Å². The fourth-order valence-electron chi connectivity index (χ4n) is 10.4. The second-order valence-corrected chi connectivity index (χ2v) is 17.1. The highest BCUT2D eigenvalue weighted by Gasteiger charge is 2.27. The lowest BCUT2D eigenvalue weighted by atomic mass is 9.82. The Bertz CT molecular complexity index is 3770. The van der Waals surface area contributed by atoms with E-state index in [1.54, 1.807) is 0 Å². The Kier molecular flexibility index (Phi) is 8.01. The molecular weight excluding hydrogens is 769 g/mol. The van der Waals surface area contributed by atoms with E-state index in [2.05, 4.69) is 181 Å². The minimum absolute atomic E-state index is 0.148. The van der Waals surface area contributed by atoms with Crippen LogP contribution in [0.25, 0.3) is 105 Å². The largest absolute Gasteiger partial charge is 0.456 e. The van der Waals surface area contributed by atoms with Crippen LogP contribution in [0.4, 0.5) is 0 Å². The number of benzene rings is 8. The minimum Gasteiger partial charge on any atom is -0.456 e. The van der Waals surface area contributed by atoms with Crippen molar-refractivity contribution in [3.63, 3.8) is 0 Å². The number of allylic oxidation sites excluding steroid dienone is 5. The summed E-state index contributed by atoms with van der Waals surface area (Å²) in [5.74, 6) is 2.51. The number of fused-ring (bicyclic) bond motifs is 11. The van der Waals surface area contributed by atoms with Gasteiger partial charge in [-0.25, -0.2) is 15.0 Å². The molecule has 2 aliphatic carbocycles. The van der Waals surface area contributed by atoms with E-state index < -0.39 is 0 Å². The molecule has 5 nitrogen and oxygen atoms in total. The van der Waals surface area contributed by atoms with Gasteiger partial charge in [0.1, 0.15) is 11.2 Å². The molecule has 0 aliphatic heterocycles. The van der Waals surface area contributed by atoms with Crippen molar-refractivity contribution in [2.75, 3.05) is 0 Å². The molecule has 13 rings (SSSR count). The Balaban J connectivity index is 0.955. The van der Waals surface area contributed by atoms with Gasteiger partial charge in [-0.1, -0.05) is 146 Å². The van der Waals surface area contributed by atoms with Gasteiger partial charge in [-0.2, -0.15) is 0 Å².